The van der Waals surface area contributed by atoms with Crippen LogP contribution in [0.1, 0.15) is 25.4 Å². The summed E-state index contributed by atoms with van der Waals surface area (Å²) in [6.07, 6.45) is 0.715. The Labute approximate surface area is 83.3 Å². The van der Waals surface area contributed by atoms with Gasteiger partial charge < -0.3 is 9.52 Å². The van der Waals surface area contributed by atoms with Gasteiger partial charge in [-0.2, -0.15) is 11.8 Å². The number of aryl methyl sites for hydroxylation is 1. The van der Waals surface area contributed by atoms with Gasteiger partial charge in [0, 0.05) is 12.2 Å². The number of aliphatic hydroxyl groups excluding tert-OH is 1. The maximum Gasteiger partial charge on any atom is 0.114 e. The lowest BCUT2D eigenvalue weighted by molar-refractivity contribution is 0.220. The van der Waals surface area contributed by atoms with E-state index in [-0.39, 0.29) is 6.10 Å². The zero-order chi connectivity index (χ0) is 9.68. The highest BCUT2D eigenvalue weighted by atomic mass is 32.2. The second kappa shape index (κ2) is 5.35. The standard InChI is InChI=1S/C10H16O2S/c1-3-9-4-5-10(12-9)7-13-6-8(2)11/h4-5,8,11H,3,6-7H2,1-2H3. The monoisotopic (exact) mass is 200 g/mol. The van der Waals surface area contributed by atoms with Crippen LogP contribution in [0.4, 0.5) is 0 Å². The van der Waals surface area contributed by atoms with Crippen LogP contribution in [0, 0.1) is 0 Å². The molecule has 1 aromatic rings. The number of rotatable bonds is 5. The van der Waals surface area contributed by atoms with E-state index in [1.54, 1.807) is 18.7 Å². The fourth-order valence-electron chi connectivity index (χ4n) is 1.02. The summed E-state index contributed by atoms with van der Waals surface area (Å²) in [5, 5.41) is 9.03. The highest BCUT2D eigenvalue weighted by Gasteiger charge is 2.01. The Hall–Kier alpha value is -0.410. The molecule has 74 valence electrons. The van der Waals surface area contributed by atoms with Gasteiger partial charge in [0.15, 0.2) is 0 Å². The fourth-order valence-corrected chi connectivity index (χ4v) is 1.84. The van der Waals surface area contributed by atoms with Crippen molar-refractivity contribution in [3.05, 3.63) is 23.7 Å². The van der Waals surface area contributed by atoms with Gasteiger partial charge in [-0.25, -0.2) is 0 Å². The van der Waals surface area contributed by atoms with Crippen molar-refractivity contribution in [2.45, 2.75) is 32.1 Å². The third kappa shape index (κ3) is 3.87. The normalized spacial score (nSPS) is 13.2. The van der Waals surface area contributed by atoms with Crippen LogP contribution in [-0.4, -0.2) is 17.0 Å². The quantitative estimate of drug-likeness (QED) is 0.792. The molecule has 0 bridgehead atoms. The molecule has 0 aliphatic rings. The van der Waals surface area contributed by atoms with Crippen LogP contribution in [0.5, 0.6) is 0 Å². The molecule has 1 atom stereocenters. The molecule has 0 saturated carbocycles. The molecule has 0 saturated heterocycles. The van der Waals surface area contributed by atoms with Crippen LogP contribution in [0.3, 0.4) is 0 Å². The SMILES string of the molecule is CCc1ccc(CSCC(C)O)o1. The topological polar surface area (TPSA) is 33.4 Å². The summed E-state index contributed by atoms with van der Waals surface area (Å²) < 4.78 is 5.51. The van der Waals surface area contributed by atoms with Gasteiger partial charge in [0.2, 0.25) is 0 Å². The average molecular weight is 200 g/mol. The lowest BCUT2D eigenvalue weighted by atomic mass is 10.4. The third-order valence-corrected chi connectivity index (χ3v) is 2.88. The van der Waals surface area contributed by atoms with Crippen molar-refractivity contribution in [1.29, 1.82) is 0 Å². The van der Waals surface area contributed by atoms with E-state index in [0.29, 0.717) is 0 Å². The van der Waals surface area contributed by atoms with Gasteiger partial charge in [-0.1, -0.05) is 6.92 Å². The summed E-state index contributed by atoms with van der Waals surface area (Å²) in [6.45, 7) is 3.87. The molecule has 0 spiro atoms. The Morgan fingerprint density at radius 1 is 1.46 bits per heavy atom. The van der Waals surface area contributed by atoms with E-state index in [1.165, 1.54) is 0 Å². The largest absolute Gasteiger partial charge is 0.465 e. The summed E-state index contributed by atoms with van der Waals surface area (Å²) in [5.74, 6) is 3.66. The second-order valence-electron chi connectivity index (χ2n) is 3.09. The zero-order valence-electron chi connectivity index (χ0n) is 8.12. The molecule has 0 fully saturated rings. The van der Waals surface area contributed by atoms with Crippen molar-refractivity contribution in [1.82, 2.24) is 0 Å². The van der Waals surface area contributed by atoms with Crippen LogP contribution in [-0.2, 0) is 12.2 Å². The molecule has 13 heavy (non-hydrogen) atoms. The van der Waals surface area contributed by atoms with E-state index >= 15 is 0 Å². The minimum atomic E-state index is -0.231. The molecule has 2 nitrogen and oxygen atoms in total. The van der Waals surface area contributed by atoms with Gasteiger partial charge in [0.05, 0.1) is 11.9 Å². The number of thioether (sulfide) groups is 1. The first kappa shape index (κ1) is 10.7. The van der Waals surface area contributed by atoms with Crippen molar-refractivity contribution in [2.75, 3.05) is 5.75 Å². The predicted molar refractivity (Wildman–Crippen MR) is 55.9 cm³/mol. The van der Waals surface area contributed by atoms with Gasteiger partial charge in [-0.3, -0.25) is 0 Å². The first-order valence-corrected chi connectivity index (χ1v) is 5.71. The van der Waals surface area contributed by atoms with Crippen molar-refractivity contribution < 1.29 is 9.52 Å². The van der Waals surface area contributed by atoms with Gasteiger partial charge in [0.25, 0.3) is 0 Å². The first-order chi connectivity index (χ1) is 6.22. The molecule has 1 heterocycles. The first-order valence-electron chi connectivity index (χ1n) is 4.55. The van der Waals surface area contributed by atoms with E-state index in [2.05, 4.69) is 6.92 Å². The Balaban J connectivity index is 2.28. The summed E-state index contributed by atoms with van der Waals surface area (Å²) >= 11 is 1.69. The maximum atomic E-state index is 9.03. The number of furan rings is 1. The van der Waals surface area contributed by atoms with E-state index in [0.717, 1.165) is 29.4 Å². The van der Waals surface area contributed by atoms with Crippen molar-refractivity contribution in [2.24, 2.45) is 0 Å². The molecule has 1 unspecified atom stereocenters. The lowest BCUT2D eigenvalue weighted by Gasteiger charge is -2.01. The van der Waals surface area contributed by atoms with E-state index in [4.69, 9.17) is 9.52 Å². The molecule has 0 aromatic carbocycles. The minimum absolute atomic E-state index is 0.231. The fraction of sp³-hybridized carbons (Fsp3) is 0.600. The van der Waals surface area contributed by atoms with Crippen molar-refractivity contribution in [3.63, 3.8) is 0 Å². The van der Waals surface area contributed by atoms with Gasteiger partial charge in [-0.05, 0) is 19.1 Å². The molecule has 1 N–H and O–H groups in total. The number of aliphatic hydroxyl groups is 1. The molecule has 1 aromatic heterocycles. The Kier molecular flexibility index (Phi) is 4.39. The molecule has 3 heteroatoms. The predicted octanol–water partition coefficient (Wildman–Crippen LogP) is 2.46. The summed E-state index contributed by atoms with van der Waals surface area (Å²) in [7, 11) is 0. The van der Waals surface area contributed by atoms with Gasteiger partial charge in [0.1, 0.15) is 11.5 Å². The Morgan fingerprint density at radius 2 is 2.15 bits per heavy atom. The molecular formula is C10H16O2S. The molecule has 0 radical (unpaired) electrons. The Bertz CT molecular complexity index is 243. The summed E-state index contributed by atoms with van der Waals surface area (Å²) in [6, 6.07) is 4.02. The van der Waals surface area contributed by atoms with Gasteiger partial charge in [-0.15, -0.1) is 0 Å². The molecule has 0 aliphatic carbocycles. The minimum Gasteiger partial charge on any atom is -0.465 e. The van der Waals surface area contributed by atoms with Crippen LogP contribution < -0.4 is 0 Å². The van der Waals surface area contributed by atoms with Gasteiger partial charge >= 0.3 is 0 Å². The maximum absolute atomic E-state index is 9.03. The van der Waals surface area contributed by atoms with Crippen molar-refractivity contribution in [3.8, 4) is 0 Å². The summed E-state index contributed by atoms with van der Waals surface area (Å²) in [5.41, 5.74) is 0. The van der Waals surface area contributed by atoms with E-state index < -0.39 is 0 Å². The van der Waals surface area contributed by atoms with Crippen molar-refractivity contribution >= 4 is 11.8 Å². The average Bonchev–Trinajstić information content (AvgIpc) is 2.52. The van der Waals surface area contributed by atoms with Crippen LogP contribution in [0.15, 0.2) is 16.5 Å². The molecular weight excluding hydrogens is 184 g/mol. The summed E-state index contributed by atoms with van der Waals surface area (Å²) in [4.78, 5) is 0. The van der Waals surface area contributed by atoms with Crippen LogP contribution in [0.2, 0.25) is 0 Å². The molecule has 1 rings (SSSR count). The number of hydrogen-bond donors (Lipinski definition) is 1. The lowest BCUT2D eigenvalue weighted by Crippen LogP contribution is -2.02. The molecule has 0 amide bonds. The second-order valence-corrected chi connectivity index (χ2v) is 4.12. The van der Waals surface area contributed by atoms with Crippen LogP contribution in [0.25, 0.3) is 0 Å². The van der Waals surface area contributed by atoms with Crippen LogP contribution >= 0.6 is 11.8 Å². The molecule has 0 aliphatic heterocycles. The van der Waals surface area contributed by atoms with E-state index in [1.807, 2.05) is 12.1 Å². The highest BCUT2D eigenvalue weighted by Crippen LogP contribution is 2.16. The third-order valence-electron chi connectivity index (χ3n) is 1.67. The smallest absolute Gasteiger partial charge is 0.114 e. The number of hydrogen-bond acceptors (Lipinski definition) is 3. The Morgan fingerprint density at radius 3 is 2.69 bits per heavy atom. The van der Waals surface area contributed by atoms with E-state index in [9.17, 15) is 0 Å². The zero-order valence-corrected chi connectivity index (χ0v) is 8.93. The highest BCUT2D eigenvalue weighted by molar-refractivity contribution is 7.98.